The van der Waals surface area contributed by atoms with Crippen molar-refractivity contribution >= 4 is 5.91 Å². The van der Waals surface area contributed by atoms with Gasteiger partial charge in [-0.05, 0) is 20.3 Å². The number of carbonyl (C=O) groups excluding carboxylic acids is 1. The van der Waals surface area contributed by atoms with Gasteiger partial charge in [-0.2, -0.15) is 0 Å². The zero-order valence-electron chi connectivity index (χ0n) is 11.8. The molecule has 0 bridgehead atoms. The highest BCUT2D eigenvalue weighted by Crippen LogP contribution is 2.10. The van der Waals surface area contributed by atoms with Crippen LogP contribution in [-0.4, -0.2) is 54.2 Å². The zero-order chi connectivity index (χ0) is 14.5. The van der Waals surface area contributed by atoms with E-state index in [-0.39, 0.29) is 17.8 Å². The lowest BCUT2D eigenvalue weighted by Crippen LogP contribution is -2.46. The number of nitrogens with one attached hydrogen (secondary N) is 2. The standard InChI is InChI=1S/C13H21N3O4/c1-9(2)16-5-6-19-10(8-16)3-4-14-12(17)11-7-15-13(18)20-11/h7,9-10H,3-6,8H2,1-2H3,(H,14,17)(H,15,18). The highest BCUT2D eigenvalue weighted by atomic mass is 16.5. The highest BCUT2D eigenvalue weighted by molar-refractivity contribution is 5.90. The third-order valence-corrected chi connectivity index (χ3v) is 3.40. The molecule has 112 valence electrons. The minimum atomic E-state index is -0.627. The van der Waals surface area contributed by atoms with Crippen LogP contribution in [0.1, 0.15) is 30.8 Å². The first-order valence-electron chi connectivity index (χ1n) is 6.88. The summed E-state index contributed by atoms with van der Waals surface area (Å²) < 4.78 is 10.4. The minimum Gasteiger partial charge on any atom is -0.403 e. The Morgan fingerprint density at radius 1 is 1.60 bits per heavy atom. The summed E-state index contributed by atoms with van der Waals surface area (Å²) in [6.45, 7) is 7.38. The highest BCUT2D eigenvalue weighted by Gasteiger charge is 2.22. The predicted molar refractivity (Wildman–Crippen MR) is 72.7 cm³/mol. The molecule has 2 N–H and O–H groups in total. The Labute approximate surface area is 117 Å². The number of morpholine rings is 1. The van der Waals surface area contributed by atoms with Crippen molar-refractivity contribution in [2.24, 2.45) is 0 Å². The lowest BCUT2D eigenvalue weighted by atomic mass is 10.1. The summed E-state index contributed by atoms with van der Waals surface area (Å²) in [7, 11) is 0. The van der Waals surface area contributed by atoms with E-state index < -0.39 is 5.76 Å². The number of oxazole rings is 1. The van der Waals surface area contributed by atoms with Crippen molar-refractivity contribution in [2.45, 2.75) is 32.4 Å². The van der Waals surface area contributed by atoms with Crippen molar-refractivity contribution in [1.29, 1.82) is 0 Å². The third-order valence-electron chi connectivity index (χ3n) is 3.40. The van der Waals surface area contributed by atoms with Crippen LogP contribution < -0.4 is 11.1 Å². The van der Waals surface area contributed by atoms with Crippen LogP contribution in [0.3, 0.4) is 0 Å². The number of aromatic amines is 1. The molecule has 1 fully saturated rings. The van der Waals surface area contributed by atoms with E-state index in [1.807, 2.05) is 0 Å². The van der Waals surface area contributed by atoms with E-state index >= 15 is 0 Å². The van der Waals surface area contributed by atoms with Crippen molar-refractivity contribution in [3.63, 3.8) is 0 Å². The maximum absolute atomic E-state index is 11.7. The number of hydrogen-bond acceptors (Lipinski definition) is 5. The van der Waals surface area contributed by atoms with Crippen molar-refractivity contribution < 1.29 is 13.9 Å². The zero-order valence-corrected chi connectivity index (χ0v) is 11.8. The Morgan fingerprint density at radius 2 is 2.40 bits per heavy atom. The Hall–Kier alpha value is -1.60. The molecule has 2 heterocycles. The van der Waals surface area contributed by atoms with Crippen LogP contribution in [0, 0.1) is 0 Å². The maximum Gasteiger partial charge on any atom is 0.416 e. The van der Waals surface area contributed by atoms with Gasteiger partial charge in [-0.3, -0.25) is 14.7 Å². The number of ether oxygens (including phenoxy) is 1. The van der Waals surface area contributed by atoms with Gasteiger partial charge in [0.05, 0.1) is 18.9 Å². The molecular formula is C13H21N3O4. The van der Waals surface area contributed by atoms with E-state index in [4.69, 9.17) is 4.74 Å². The first kappa shape index (κ1) is 14.8. The molecule has 1 aromatic rings. The third kappa shape index (κ3) is 3.94. The summed E-state index contributed by atoms with van der Waals surface area (Å²) >= 11 is 0. The Balaban J connectivity index is 1.73. The molecule has 0 aromatic carbocycles. The van der Waals surface area contributed by atoms with Crippen LogP contribution in [0.15, 0.2) is 15.4 Å². The number of amides is 1. The van der Waals surface area contributed by atoms with Gasteiger partial charge in [-0.15, -0.1) is 0 Å². The Bertz CT molecular complexity index is 494. The van der Waals surface area contributed by atoms with Crippen LogP contribution in [0.5, 0.6) is 0 Å². The molecule has 0 aliphatic carbocycles. The summed E-state index contributed by atoms with van der Waals surface area (Å²) in [6.07, 6.45) is 2.13. The normalized spacial score (nSPS) is 20.2. The lowest BCUT2D eigenvalue weighted by Gasteiger charge is -2.35. The van der Waals surface area contributed by atoms with Gasteiger partial charge in [-0.1, -0.05) is 0 Å². The van der Waals surface area contributed by atoms with Crippen LogP contribution in [-0.2, 0) is 4.74 Å². The fourth-order valence-corrected chi connectivity index (χ4v) is 2.21. The number of carbonyl (C=O) groups is 1. The maximum atomic E-state index is 11.7. The van der Waals surface area contributed by atoms with E-state index in [1.54, 1.807) is 0 Å². The average Bonchev–Trinajstić information content (AvgIpc) is 2.86. The molecule has 1 aliphatic heterocycles. The molecule has 2 rings (SSSR count). The van der Waals surface area contributed by atoms with Crippen molar-refractivity contribution in [2.75, 3.05) is 26.2 Å². The average molecular weight is 283 g/mol. The van der Waals surface area contributed by atoms with Crippen molar-refractivity contribution in [3.05, 3.63) is 22.5 Å². The van der Waals surface area contributed by atoms with E-state index in [1.165, 1.54) is 6.20 Å². The molecule has 1 aromatic heterocycles. The Morgan fingerprint density at radius 3 is 3.05 bits per heavy atom. The fraction of sp³-hybridized carbons (Fsp3) is 0.692. The second-order valence-corrected chi connectivity index (χ2v) is 5.17. The van der Waals surface area contributed by atoms with Gasteiger partial charge < -0.3 is 14.5 Å². The van der Waals surface area contributed by atoms with Crippen LogP contribution in [0.25, 0.3) is 0 Å². The minimum absolute atomic E-state index is 0.00312. The number of rotatable bonds is 5. The number of aromatic nitrogens is 1. The molecule has 1 aliphatic rings. The first-order chi connectivity index (χ1) is 9.56. The molecule has 1 unspecified atom stereocenters. The molecule has 1 saturated heterocycles. The smallest absolute Gasteiger partial charge is 0.403 e. The summed E-state index contributed by atoms with van der Waals surface area (Å²) in [5.74, 6) is -1.01. The van der Waals surface area contributed by atoms with E-state index in [2.05, 4.69) is 33.5 Å². The van der Waals surface area contributed by atoms with Gasteiger partial charge in [0.1, 0.15) is 0 Å². The largest absolute Gasteiger partial charge is 0.416 e. The van der Waals surface area contributed by atoms with Crippen LogP contribution >= 0.6 is 0 Å². The molecule has 0 spiro atoms. The number of H-pyrrole nitrogens is 1. The molecule has 0 radical (unpaired) electrons. The van der Waals surface area contributed by atoms with E-state index in [0.29, 0.717) is 12.6 Å². The van der Waals surface area contributed by atoms with Crippen LogP contribution in [0.2, 0.25) is 0 Å². The van der Waals surface area contributed by atoms with Gasteiger partial charge >= 0.3 is 5.76 Å². The van der Waals surface area contributed by atoms with Gasteiger partial charge in [-0.25, -0.2) is 4.79 Å². The van der Waals surface area contributed by atoms with Gasteiger partial charge in [0.25, 0.3) is 5.91 Å². The monoisotopic (exact) mass is 283 g/mol. The summed E-state index contributed by atoms with van der Waals surface area (Å²) in [4.78, 5) is 27.1. The molecule has 7 nitrogen and oxygen atoms in total. The van der Waals surface area contributed by atoms with E-state index in [9.17, 15) is 9.59 Å². The second-order valence-electron chi connectivity index (χ2n) is 5.17. The molecule has 7 heteroatoms. The quantitative estimate of drug-likeness (QED) is 0.806. The lowest BCUT2D eigenvalue weighted by molar-refractivity contribution is -0.0412. The van der Waals surface area contributed by atoms with Crippen LogP contribution in [0.4, 0.5) is 0 Å². The van der Waals surface area contributed by atoms with Gasteiger partial charge in [0.15, 0.2) is 0 Å². The van der Waals surface area contributed by atoms with Gasteiger partial charge in [0.2, 0.25) is 5.76 Å². The fourth-order valence-electron chi connectivity index (χ4n) is 2.21. The van der Waals surface area contributed by atoms with E-state index in [0.717, 1.165) is 26.1 Å². The molecule has 0 saturated carbocycles. The SMILES string of the molecule is CC(C)N1CCOC(CCNC(=O)c2c[nH]c(=O)o2)C1. The van der Waals surface area contributed by atoms with Gasteiger partial charge in [0, 0.05) is 25.7 Å². The second kappa shape index (κ2) is 6.71. The van der Waals surface area contributed by atoms with Crippen molar-refractivity contribution in [1.82, 2.24) is 15.2 Å². The summed E-state index contributed by atoms with van der Waals surface area (Å²) in [6, 6.07) is 0.505. The predicted octanol–water partition coefficient (Wildman–Crippen LogP) is 0.197. The number of hydrogen-bond donors (Lipinski definition) is 2. The Kier molecular flexibility index (Phi) is 4.97. The molecule has 1 atom stereocenters. The first-order valence-corrected chi connectivity index (χ1v) is 6.88. The molecule has 1 amide bonds. The topological polar surface area (TPSA) is 87.6 Å². The van der Waals surface area contributed by atoms with Crippen molar-refractivity contribution in [3.8, 4) is 0 Å². The summed E-state index contributed by atoms with van der Waals surface area (Å²) in [5.41, 5.74) is 0. The molecule has 20 heavy (non-hydrogen) atoms. The number of nitrogens with zero attached hydrogens (tertiary/aromatic N) is 1. The summed E-state index contributed by atoms with van der Waals surface area (Å²) in [5, 5.41) is 2.71. The molecular weight excluding hydrogens is 262 g/mol.